The van der Waals surface area contributed by atoms with Crippen LogP contribution in [0.1, 0.15) is 28.0 Å². The zero-order valence-electron chi connectivity index (χ0n) is 18.1. The summed E-state index contributed by atoms with van der Waals surface area (Å²) in [5.74, 6) is 0.388. The molecule has 180 valence electrons. The van der Waals surface area contributed by atoms with E-state index < -0.39 is 21.8 Å². The van der Waals surface area contributed by atoms with E-state index in [4.69, 9.17) is 9.15 Å². The van der Waals surface area contributed by atoms with Crippen LogP contribution in [0.5, 0.6) is 5.75 Å². The second kappa shape index (κ2) is 9.15. The van der Waals surface area contributed by atoms with Crippen LogP contribution in [0.2, 0.25) is 0 Å². The second-order valence-corrected chi connectivity index (χ2v) is 9.81. The summed E-state index contributed by atoms with van der Waals surface area (Å²) in [4.78, 5) is 14.3. The van der Waals surface area contributed by atoms with Crippen molar-refractivity contribution in [2.24, 2.45) is 0 Å². The highest BCUT2D eigenvalue weighted by molar-refractivity contribution is 7.92. The molecule has 0 bridgehead atoms. The van der Waals surface area contributed by atoms with Crippen molar-refractivity contribution in [2.45, 2.75) is 32.4 Å². The Hall–Kier alpha value is -3.31. The molecule has 34 heavy (non-hydrogen) atoms. The van der Waals surface area contributed by atoms with Crippen LogP contribution >= 0.6 is 0 Å². The monoisotopic (exact) mass is 494 g/mol. The molecule has 0 saturated heterocycles. The molecule has 1 N–H and O–H groups in total. The van der Waals surface area contributed by atoms with Crippen molar-refractivity contribution in [2.75, 3.05) is 11.0 Å². The average molecular weight is 494 g/mol. The molecule has 7 nitrogen and oxygen atoms in total. The number of rotatable bonds is 7. The van der Waals surface area contributed by atoms with Crippen LogP contribution in [0, 0.1) is 0 Å². The number of nitrogens with zero attached hydrogens (tertiary/aromatic N) is 1. The fraction of sp³-hybridized carbons (Fsp3) is 0.261. The molecule has 0 unspecified atom stereocenters. The van der Waals surface area contributed by atoms with Crippen LogP contribution in [-0.4, -0.2) is 19.6 Å². The number of alkyl halides is 3. The van der Waals surface area contributed by atoms with Gasteiger partial charge in [-0.25, -0.2) is 8.42 Å². The van der Waals surface area contributed by atoms with E-state index in [1.54, 1.807) is 24.3 Å². The first-order chi connectivity index (χ1) is 16.0. The molecule has 0 fully saturated rings. The number of anilines is 1. The van der Waals surface area contributed by atoms with Crippen LogP contribution in [-0.2, 0) is 42.4 Å². The SMILES string of the molecule is CS(=O)(=O)Nc1ccc(COc2coc(CN3Cc4ccc(C(F)(F)F)cc4C3)cc2=O)cc1. The van der Waals surface area contributed by atoms with Crippen molar-refractivity contribution in [1.82, 2.24) is 4.90 Å². The predicted molar refractivity (Wildman–Crippen MR) is 119 cm³/mol. The first-order valence-electron chi connectivity index (χ1n) is 10.2. The fourth-order valence-electron chi connectivity index (χ4n) is 3.64. The highest BCUT2D eigenvalue weighted by Gasteiger charge is 2.32. The van der Waals surface area contributed by atoms with Crippen LogP contribution in [0.15, 0.2) is 64.0 Å². The topological polar surface area (TPSA) is 88.8 Å². The Morgan fingerprint density at radius 1 is 1.06 bits per heavy atom. The zero-order valence-corrected chi connectivity index (χ0v) is 18.9. The first kappa shape index (κ1) is 23.8. The second-order valence-electron chi connectivity index (χ2n) is 8.06. The van der Waals surface area contributed by atoms with Crippen LogP contribution in [0.25, 0.3) is 0 Å². The number of hydrogen-bond acceptors (Lipinski definition) is 6. The summed E-state index contributed by atoms with van der Waals surface area (Å²) < 4.78 is 74.7. The van der Waals surface area contributed by atoms with Crippen molar-refractivity contribution in [3.8, 4) is 5.75 Å². The Bertz CT molecular complexity index is 1350. The van der Waals surface area contributed by atoms with Crippen LogP contribution in [0.4, 0.5) is 18.9 Å². The third kappa shape index (κ3) is 5.97. The minimum Gasteiger partial charge on any atom is -0.482 e. The van der Waals surface area contributed by atoms with Gasteiger partial charge < -0.3 is 9.15 Å². The van der Waals surface area contributed by atoms with Gasteiger partial charge >= 0.3 is 6.18 Å². The smallest absolute Gasteiger partial charge is 0.416 e. The highest BCUT2D eigenvalue weighted by Crippen LogP contribution is 2.33. The molecular weight excluding hydrogens is 473 g/mol. The number of hydrogen-bond donors (Lipinski definition) is 1. The number of ether oxygens (including phenoxy) is 1. The molecule has 0 atom stereocenters. The lowest BCUT2D eigenvalue weighted by Crippen LogP contribution is -2.17. The van der Waals surface area contributed by atoms with Gasteiger partial charge in [-0.2, -0.15) is 13.2 Å². The maximum absolute atomic E-state index is 12.9. The molecule has 2 aromatic carbocycles. The van der Waals surface area contributed by atoms with Crippen molar-refractivity contribution < 1.29 is 30.7 Å². The molecule has 2 heterocycles. The van der Waals surface area contributed by atoms with Crippen molar-refractivity contribution >= 4 is 15.7 Å². The quantitative estimate of drug-likeness (QED) is 0.532. The normalized spacial score (nSPS) is 14.1. The molecule has 0 amide bonds. The molecular formula is C23H21F3N2O5S. The molecule has 1 aliphatic heterocycles. The summed E-state index contributed by atoms with van der Waals surface area (Å²) in [6.45, 7) is 1.12. The van der Waals surface area contributed by atoms with E-state index >= 15 is 0 Å². The van der Waals surface area contributed by atoms with Crippen LogP contribution < -0.4 is 14.9 Å². The van der Waals surface area contributed by atoms with Gasteiger partial charge in [-0.05, 0) is 41.0 Å². The summed E-state index contributed by atoms with van der Waals surface area (Å²) in [5.41, 5.74) is 1.49. The van der Waals surface area contributed by atoms with Gasteiger partial charge in [0.05, 0.1) is 18.4 Å². The van der Waals surface area contributed by atoms with E-state index in [1.807, 2.05) is 4.90 Å². The Labute approximate surface area is 193 Å². The lowest BCUT2D eigenvalue weighted by atomic mass is 10.1. The van der Waals surface area contributed by atoms with Crippen molar-refractivity contribution in [1.29, 1.82) is 0 Å². The van der Waals surface area contributed by atoms with Gasteiger partial charge in [-0.3, -0.25) is 14.4 Å². The summed E-state index contributed by atoms with van der Waals surface area (Å²) in [5, 5.41) is 0. The summed E-state index contributed by atoms with van der Waals surface area (Å²) in [6, 6.07) is 11.5. The van der Waals surface area contributed by atoms with Gasteiger partial charge in [0.2, 0.25) is 21.2 Å². The fourth-order valence-corrected chi connectivity index (χ4v) is 4.21. The molecule has 0 saturated carbocycles. The van der Waals surface area contributed by atoms with E-state index in [0.717, 1.165) is 29.5 Å². The Morgan fingerprint density at radius 2 is 1.76 bits per heavy atom. The number of sulfonamides is 1. The molecule has 1 aliphatic rings. The predicted octanol–water partition coefficient (Wildman–Crippen LogP) is 4.12. The third-order valence-electron chi connectivity index (χ3n) is 5.20. The maximum Gasteiger partial charge on any atom is 0.416 e. The minimum absolute atomic E-state index is 0.0154. The first-order valence-corrected chi connectivity index (χ1v) is 12.1. The van der Waals surface area contributed by atoms with Gasteiger partial charge in [0.1, 0.15) is 18.6 Å². The van der Waals surface area contributed by atoms with Crippen LogP contribution in [0.3, 0.4) is 0 Å². The van der Waals surface area contributed by atoms with Crippen molar-refractivity contribution in [3.05, 3.63) is 93.0 Å². The number of nitrogens with one attached hydrogen (secondary N) is 1. The molecule has 0 spiro atoms. The maximum atomic E-state index is 12.9. The van der Waals surface area contributed by atoms with E-state index in [-0.39, 0.29) is 24.3 Å². The largest absolute Gasteiger partial charge is 0.482 e. The summed E-state index contributed by atoms with van der Waals surface area (Å²) >= 11 is 0. The van der Waals surface area contributed by atoms with Gasteiger partial charge in [0.25, 0.3) is 0 Å². The Morgan fingerprint density at radius 3 is 2.41 bits per heavy atom. The molecule has 11 heteroatoms. The lowest BCUT2D eigenvalue weighted by molar-refractivity contribution is -0.137. The van der Waals surface area contributed by atoms with Gasteiger partial charge in [-0.1, -0.05) is 18.2 Å². The lowest BCUT2D eigenvalue weighted by Gasteiger charge is -2.14. The molecule has 1 aromatic heterocycles. The summed E-state index contributed by atoms with van der Waals surface area (Å²) in [7, 11) is -3.37. The van der Waals surface area contributed by atoms with Crippen molar-refractivity contribution in [3.63, 3.8) is 0 Å². The van der Waals surface area contributed by atoms with E-state index in [9.17, 15) is 26.4 Å². The molecule has 4 rings (SSSR count). The van der Waals surface area contributed by atoms with E-state index in [2.05, 4.69) is 4.72 Å². The number of halogens is 3. The average Bonchev–Trinajstić information content (AvgIpc) is 3.14. The van der Waals surface area contributed by atoms with E-state index in [1.165, 1.54) is 18.4 Å². The zero-order chi connectivity index (χ0) is 24.5. The van der Waals surface area contributed by atoms with Gasteiger partial charge in [0, 0.05) is 24.8 Å². The molecule has 0 aliphatic carbocycles. The Balaban J connectivity index is 1.35. The third-order valence-corrected chi connectivity index (χ3v) is 5.81. The summed E-state index contributed by atoms with van der Waals surface area (Å²) in [6.07, 6.45) is -2.12. The number of benzene rings is 2. The van der Waals surface area contributed by atoms with Gasteiger partial charge in [-0.15, -0.1) is 0 Å². The highest BCUT2D eigenvalue weighted by atomic mass is 32.2. The Kier molecular flexibility index (Phi) is 6.41. The van der Waals surface area contributed by atoms with E-state index in [0.29, 0.717) is 30.1 Å². The standard InChI is InChI=1S/C23H21F3N2O5S/c1-34(30,31)27-19-6-2-15(3-7-19)13-33-22-14-32-20(9-21(22)29)12-28-10-16-4-5-18(23(24,25)26)8-17(16)11-28/h2-9,14,27H,10-13H2,1H3. The van der Waals surface area contributed by atoms with Gasteiger partial charge in [0.15, 0.2) is 0 Å². The molecule has 0 radical (unpaired) electrons. The number of fused-ring (bicyclic) bond motifs is 1. The molecule has 3 aromatic rings. The minimum atomic E-state index is -4.39.